The quantitative estimate of drug-likeness (QED) is 0.0131. The molecule has 734 valence electrons. The second-order valence-corrected chi connectivity index (χ2v) is 43.3. The fourth-order valence-electron chi connectivity index (χ4n) is 15.6. The topological polar surface area (TPSA) is 133 Å². The Kier molecular flexibility index (Phi) is 40.8. The normalized spacial score (nSPS) is 11.2. The summed E-state index contributed by atoms with van der Waals surface area (Å²) < 4.78 is 128. The third-order valence-corrected chi connectivity index (χ3v) is 32.9. The van der Waals surface area contributed by atoms with E-state index in [1.807, 2.05) is 203 Å². The van der Waals surface area contributed by atoms with Gasteiger partial charge in [0.25, 0.3) is 5.92 Å². The third kappa shape index (κ3) is 30.9. The maximum absolute atomic E-state index is 13.8. The van der Waals surface area contributed by atoms with E-state index in [4.69, 9.17) is 28.4 Å². The Hall–Kier alpha value is -13.2. The van der Waals surface area contributed by atoms with Crippen LogP contribution in [-0.2, 0) is 83.1 Å². The molecule has 0 aromatic heterocycles. The van der Waals surface area contributed by atoms with Crippen molar-refractivity contribution in [3.05, 3.63) is 420 Å². The summed E-state index contributed by atoms with van der Waals surface area (Å²) in [6.07, 6.45) is -9.72. The minimum Gasteiger partial charge on any atom is -0.493 e. The third-order valence-electron chi connectivity index (χ3n) is 21.9. The Morgan fingerprint density at radius 1 is 0.275 bits per heavy atom. The molecule has 0 spiro atoms. The summed E-state index contributed by atoms with van der Waals surface area (Å²) in [6, 6.07) is 126. The van der Waals surface area contributed by atoms with E-state index in [0.29, 0.717) is 30.3 Å². The van der Waals surface area contributed by atoms with Crippen LogP contribution in [0.3, 0.4) is 0 Å². The summed E-state index contributed by atoms with van der Waals surface area (Å²) in [6.45, 7) is 24.9. The van der Waals surface area contributed by atoms with Crippen molar-refractivity contribution in [2.24, 2.45) is 0 Å². The van der Waals surface area contributed by atoms with Crippen LogP contribution in [0.4, 0.5) is 30.7 Å². The van der Waals surface area contributed by atoms with Gasteiger partial charge in [-0.2, -0.15) is 22.0 Å². The van der Waals surface area contributed by atoms with Crippen molar-refractivity contribution < 1.29 is 83.1 Å². The lowest BCUT2D eigenvalue weighted by atomic mass is 10.0. The lowest BCUT2D eigenvalue weighted by Crippen LogP contribution is -2.41. The van der Waals surface area contributed by atoms with E-state index in [9.17, 15) is 49.9 Å². The van der Waals surface area contributed by atoms with Crippen LogP contribution < -0.4 is 23.7 Å². The van der Waals surface area contributed by atoms with Crippen LogP contribution in [0.1, 0.15) is 102 Å². The molecule has 0 atom stereocenters. The van der Waals surface area contributed by atoms with Crippen molar-refractivity contribution in [1.29, 1.82) is 0 Å². The zero-order valence-electron chi connectivity index (χ0n) is 82.0. The van der Waals surface area contributed by atoms with Crippen molar-refractivity contribution in [3.63, 3.8) is 0 Å². The van der Waals surface area contributed by atoms with Crippen LogP contribution >= 0.6 is 0 Å². The molecule has 0 aliphatic carbocycles. The van der Waals surface area contributed by atoms with Gasteiger partial charge in [0, 0.05) is 80.4 Å². The van der Waals surface area contributed by atoms with E-state index in [-0.39, 0.29) is 75.2 Å². The van der Waals surface area contributed by atoms with Crippen molar-refractivity contribution in [2.75, 3.05) is 33.5 Å². The molecular formula is C119H118F7O11S5+5. The molecule has 0 amide bonds. The monoisotopic (exact) mass is 2020 g/mol. The number of aryl methyl sites for hydroxylation is 10. The fourth-order valence-corrected chi connectivity index (χ4v) is 26.9. The van der Waals surface area contributed by atoms with Crippen LogP contribution in [0.15, 0.2) is 437 Å². The van der Waals surface area contributed by atoms with E-state index >= 15 is 0 Å². The second-order valence-electron chi connectivity index (χ2n) is 33.2. The van der Waals surface area contributed by atoms with Gasteiger partial charge in [-0.15, -0.1) is 0 Å². The average Bonchev–Trinajstić information content (AvgIpc) is 0.805. The van der Waals surface area contributed by atoms with Crippen molar-refractivity contribution in [3.8, 4) is 28.7 Å². The molecule has 0 aliphatic heterocycles. The molecule has 15 rings (SSSR count). The Labute approximate surface area is 844 Å². The standard InChI is InChI=1S/C27H26F7OS.C24H23O4S.C23H23O3S.C23H23O2S.C22H23OS/c1-19-16-23(36(21-10-5-3-6-11-21)22-12-7-4-8-13-22)17-20(2)24(19)35-15-9-14-25(28,29)18-26(30,31)27(32,33)34;1-17-14-22(15-18(2)24(17)28-23(26)16-27-19(3)25)29(20-10-6-4-7-11-20)21-12-8-5-9-13-21;1-17-14-21(15-18(2)23(17)26-16-22(24)25-3)27(19-10-6-4-7-11-19)20-12-8-5-9-13-20;1-4-22(24)25-23-17(2)15-21(16-18(23)3)26(19-11-7-5-8-12-19)20-13-9-6-10-14-20;1-4-23-22-17(2)15-21(16-18(22)3)24(19-11-7-5-8-12-19)20-13-9-6-10-14-20/h3-8,10-13,16-17H,9,14-15,18H2,1-2H3;4-15H,16H2,1-3H3;4-15H,16H2,1-3H3;5-16H,4H2,1-3H3;5-16H,4H2,1-3H3/q5*+1. The fraction of sp³-hybridized carbons (Fsp3) is 0.210. The van der Waals surface area contributed by atoms with E-state index in [0.717, 1.165) is 75.6 Å². The number of hydrogen-bond donors (Lipinski definition) is 0. The summed E-state index contributed by atoms with van der Waals surface area (Å²) in [5.74, 6) is -7.87. The highest BCUT2D eigenvalue weighted by atomic mass is 32.2. The number of esters is 4. The van der Waals surface area contributed by atoms with Gasteiger partial charge < -0.3 is 33.2 Å². The highest BCUT2D eigenvalue weighted by molar-refractivity contribution is 7.98. The van der Waals surface area contributed by atoms with Gasteiger partial charge in [-0.3, -0.25) is 9.59 Å². The number of carbonyl (C=O) groups is 4. The molecule has 0 aliphatic rings. The number of halogens is 7. The highest BCUT2D eigenvalue weighted by Crippen LogP contribution is 2.46. The highest BCUT2D eigenvalue weighted by Gasteiger charge is 2.61. The number of benzene rings is 15. The Balaban J connectivity index is 0.000000171. The van der Waals surface area contributed by atoms with E-state index in [1.165, 1.54) is 79.0 Å². The summed E-state index contributed by atoms with van der Waals surface area (Å²) >= 11 is 0. The summed E-state index contributed by atoms with van der Waals surface area (Å²) in [7, 11) is 0.182. The minimum absolute atomic E-state index is 0.0827. The molecule has 0 N–H and O–H groups in total. The second kappa shape index (κ2) is 53.1. The maximum Gasteiger partial charge on any atom is 0.453 e. The molecule has 142 heavy (non-hydrogen) atoms. The Morgan fingerprint density at radius 2 is 0.493 bits per heavy atom. The van der Waals surface area contributed by atoms with Gasteiger partial charge in [0.15, 0.2) is 86.6 Å². The smallest absolute Gasteiger partial charge is 0.453 e. The number of carbonyl (C=O) groups excluding carboxylic acids is 4. The number of alkyl halides is 7. The Morgan fingerprint density at radius 3 is 0.704 bits per heavy atom. The summed E-state index contributed by atoms with van der Waals surface area (Å²) in [5, 5.41) is 0. The molecule has 23 heteroatoms. The minimum atomic E-state index is -6.01. The van der Waals surface area contributed by atoms with Crippen LogP contribution in [0.5, 0.6) is 28.7 Å². The van der Waals surface area contributed by atoms with Gasteiger partial charge in [0.05, 0.1) is 81.2 Å². The number of ether oxygens (including phenoxy) is 7. The predicted octanol–water partition coefficient (Wildman–Crippen LogP) is 30.1. The number of methoxy groups -OCH3 is 1. The van der Waals surface area contributed by atoms with Gasteiger partial charge in [-0.25, -0.2) is 18.4 Å². The summed E-state index contributed by atoms with van der Waals surface area (Å²) in [5.41, 5.74) is 9.68. The first-order chi connectivity index (χ1) is 68.2. The zero-order valence-corrected chi connectivity index (χ0v) is 86.1. The molecule has 0 saturated carbocycles. The SMILES string of the molecule is CC(=O)OCC(=O)Oc1c(C)cc([S+](c2ccccc2)c2ccccc2)cc1C.CCC(=O)Oc1c(C)cc([S+](c2ccccc2)c2ccccc2)cc1C.CCOc1c(C)cc([S+](c2ccccc2)c2ccccc2)cc1C.COC(=O)COc1c(C)cc([S+](c2ccccc2)c2ccccc2)cc1C.Cc1cc([S+](c2ccccc2)c2ccccc2)cc(C)c1OCCCC(F)(F)CC(F)(F)C(F)(F)F. The van der Waals surface area contributed by atoms with Crippen LogP contribution in [0, 0.1) is 69.2 Å². The Bertz CT molecular complexity index is 6270. The van der Waals surface area contributed by atoms with Gasteiger partial charge in [-0.1, -0.05) is 189 Å². The molecule has 0 fully saturated rings. The first-order valence-corrected chi connectivity index (χ1v) is 52.4. The van der Waals surface area contributed by atoms with E-state index in [1.54, 1.807) is 0 Å². The van der Waals surface area contributed by atoms with Gasteiger partial charge in [0.1, 0.15) is 28.7 Å². The lowest BCUT2D eigenvalue weighted by molar-refractivity contribution is -0.301. The molecule has 0 unspecified atom stereocenters. The van der Waals surface area contributed by atoms with Crippen molar-refractivity contribution >= 4 is 78.4 Å². The van der Waals surface area contributed by atoms with Crippen molar-refractivity contribution in [1.82, 2.24) is 0 Å². The van der Waals surface area contributed by atoms with E-state index < -0.39 is 60.3 Å². The molecule has 0 bridgehead atoms. The number of hydrogen-bond acceptors (Lipinski definition) is 11. The molecule has 0 saturated heterocycles. The largest absolute Gasteiger partial charge is 0.493 e. The van der Waals surface area contributed by atoms with Crippen LogP contribution in [0.2, 0.25) is 0 Å². The molecule has 0 heterocycles. The molecule has 15 aromatic rings. The van der Waals surface area contributed by atoms with Gasteiger partial charge >= 0.3 is 36.0 Å². The summed E-state index contributed by atoms with van der Waals surface area (Å²) in [4.78, 5) is 64.4. The molecular weight excluding hydrogens is 1900 g/mol. The molecule has 0 radical (unpaired) electrons. The first-order valence-electron chi connectivity index (χ1n) is 46.3. The van der Waals surface area contributed by atoms with E-state index in [2.05, 4.69) is 249 Å². The van der Waals surface area contributed by atoms with Gasteiger partial charge in [-0.05, 0) is 260 Å². The number of rotatable bonds is 32. The first kappa shape index (κ1) is 109. The zero-order chi connectivity index (χ0) is 102. The average molecular weight is 2020 g/mol. The lowest BCUT2D eigenvalue weighted by Gasteiger charge is -2.25. The van der Waals surface area contributed by atoms with Crippen LogP contribution in [0.25, 0.3) is 0 Å². The predicted molar refractivity (Wildman–Crippen MR) is 557 cm³/mol. The molecule has 11 nitrogen and oxygen atoms in total. The van der Waals surface area contributed by atoms with Gasteiger partial charge in [0.2, 0.25) is 0 Å². The molecule has 15 aromatic carbocycles. The maximum atomic E-state index is 13.8. The van der Waals surface area contributed by atoms with Crippen LogP contribution in [-0.4, -0.2) is 75.4 Å². The van der Waals surface area contributed by atoms with Crippen molar-refractivity contribution in [2.45, 2.75) is 207 Å².